The van der Waals surface area contributed by atoms with Gasteiger partial charge in [0.1, 0.15) is 5.75 Å². The molecule has 0 bridgehead atoms. The minimum absolute atomic E-state index is 0.212. The van der Waals surface area contributed by atoms with Gasteiger partial charge in [-0.25, -0.2) is 0 Å². The van der Waals surface area contributed by atoms with Gasteiger partial charge in [0.2, 0.25) is 5.91 Å². The lowest BCUT2D eigenvalue weighted by Crippen LogP contribution is -2.07. The molecule has 0 aliphatic rings. The molecule has 1 amide bonds. The predicted molar refractivity (Wildman–Crippen MR) is 108 cm³/mol. The van der Waals surface area contributed by atoms with Gasteiger partial charge in [0, 0.05) is 11.8 Å². The van der Waals surface area contributed by atoms with Crippen molar-refractivity contribution in [1.29, 1.82) is 0 Å². The van der Waals surface area contributed by atoms with Gasteiger partial charge in [-0.15, -0.1) is 0 Å². The summed E-state index contributed by atoms with van der Waals surface area (Å²) < 4.78 is 5.17. The number of carbonyl (C=O) groups is 1. The Morgan fingerprint density at radius 2 is 1.59 bits per heavy atom. The standard InChI is InChI=1S/C22H19N3O2/c1-27-21-9-5-6-17(16-21)10-15-22(26)23-18-11-13-20(14-12-18)25-24-19-7-3-2-4-8-19/h2-16H,1H3,(H,23,26)/b15-10+,25-24?. The summed E-state index contributed by atoms with van der Waals surface area (Å²) in [6, 6.07) is 24.2. The second kappa shape index (κ2) is 9.10. The molecule has 0 aromatic heterocycles. The van der Waals surface area contributed by atoms with Crippen molar-refractivity contribution < 1.29 is 9.53 Å². The Kier molecular flexibility index (Phi) is 6.09. The first kappa shape index (κ1) is 18.1. The van der Waals surface area contributed by atoms with Gasteiger partial charge in [-0.2, -0.15) is 10.2 Å². The third kappa shape index (κ3) is 5.64. The maximum Gasteiger partial charge on any atom is 0.248 e. The third-order valence-corrected chi connectivity index (χ3v) is 3.69. The highest BCUT2D eigenvalue weighted by atomic mass is 16.5. The van der Waals surface area contributed by atoms with Crippen molar-refractivity contribution in [2.24, 2.45) is 10.2 Å². The first-order valence-electron chi connectivity index (χ1n) is 8.43. The number of anilines is 1. The Morgan fingerprint density at radius 1 is 0.889 bits per heavy atom. The average molecular weight is 357 g/mol. The predicted octanol–water partition coefficient (Wildman–Crippen LogP) is 5.76. The normalized spacial score (nSPS) is 11.0. The quantitative estimate of drug-likeness (QED) is 0.450. The highest BCUT2D eigenvalue weighted by Gasteiger charge is 1.99. The summed E-state index contributed by atoms with van der Waals surface area (Å²) in [6.45, 7) is 0. The zero-order valence-corrected chi connectivity index (χ0v) is 14.9. The molecule has 27 heavy (non-hydrogen) atoms. The number of nitrogens with one attached hydrogen (secondary N) is 1. The average Bonchev–Trinajstić information content (AvgIpc) is 2.73. The Bertz CT molecular complexity index is 949. The van der Waals surface area contributed by atoms with Gasteiger partial charge in [0.25, 0.3) is 0 Å². The summed E-state index contributed by atoms with van der Waals surface area (Å²) in [4.78, 5) is 12.1. The van der Waals surface area contributed by atoms with Crippen LogP contribution in [0.2, 0.25) is 0 Å². The van der Waals surface area contributed by atoms with Crippen LogP contribution in [-0.4, -0.2) is 13.0 Å². The number of rotatable bonds is 6. The molecule has 0 heterocycles. The van der Waals surface area contributed by atoms with Crippen LogP contribution in [0.3, 0.4) is 0 Å². The molecule has 0 unspecified atom stereocenters. The van der Waals surface area contributed by atoms with Crippen LogP contribution in [0.5, 0.6) is 5.75 Å². The molecule has 0 saturated heterocycles. The topological polar surface area (TPSA) is 63.0 Å². The monoisotopic (exact) mass is 357 g/mol. The molecule has 0 radical (unpaired) electrons. The van der Waals surface area contributed by atoms with E-state index in [2.05, 4.69) is 15.5 Å². The lowest BCUT2D eigenvalue weighted by molar-refractivity contribution is -0.111. The largest absolute Gasteiger partial charge is 0.497 e. The number of methoxy groups -OCH3 is 1. The fourth-order valence-electron chi connectivity index (χ4n) is 2.32. The zero-order valence-electron chi connectivity index (χ0n) is 14.9. The molecular weight excluding hydrogens is 338 g/mol. The minimum atomic E-state index is -0.212. The number of amides is 1. The van der Waals surface area contributed by atoms with E-state index in [1.54, 1.807) is 37.5 Å². The van der Waals surface area contributed by atoms with Crippen LogP contribution in [-0.2, 0) is 4.79 Å². The smallest absolute Gasteiger partial charge is 0.248 e. The molecule has 134 valence electrons. The molecule has 0 saturated carbocycles. The van der Waals surface area contributed by atoms with Crippen LogP contribution < -0.4 is 10.1 Å². The van der Waals surface area contributed by atoms with Crippen molar-refractivity contribution in [1.82, 2.24) is 0 Å². The number of carbonyl (C=O) groups excluding carboxylic acids is 1. The van der Waals surface area contributed by atoms with Crippen LogP contribution in [0.1, 0.15) is 5.56 Å². The number of hydrogen-bond acceptors (Lipinski definition) is 4. The van der Waals surface area contributed by atoms with Gasteiger partial charge in [-0.05, 0) is 60.2 Å². The summed E-state index contributed by atoms with van der Waals surface area (Å²) in [5, 5.41) is 11.1. The summed E-state index contributed by atoms with van der Waals surface area (Å²) >= 11 is 0. The number of benzene rings is 3. The molecule has 5 heteroatoms. The number of ether oxygens (including phenoxy) is 1. The summed E-state index contributed by atoms with van der Waals surface area (Å²) in [5.74, 6) is 0.536. The van der Waals surface area contributed by atoms with Gasteiger partial charge >= 0.3 is 0 Å². The van der Waals surface area contributed by atoms with Gasteiger partial charge < -0.3 is 10.1 Å². The van der Waals surface area contributed by atoms with Gasteiger partial charge in [-0.3, -0.25) is 4.79 Å². The van der Waals surface area contributed by atoms with Gasteiger partial charge in [0.05, 0.1) is 18.5 Å². The minimum Gasteiger partial charge on any atom is -0.497 e. The van der Waals surface area contributed by atoms with Crippen LogP contribution in [0.4, 0.5) is 17.1 Å². The molecule has 0 fully saturated rings. The lowest BCUT2D eigenvalue weighted by Gasteiger charge is -2.03. The fourth-order valence-corrected chi connectivity index (χ4v) is 2.32. The van der Waals surface area contributed by atoms with Crippen LogP contribution >= 0.6 is 0 Å². The molecule has 3 rings (SSSR count). The first-order valence-corrected chi connectivity index (χ1v) is 8.43. The highest BCUT2D eigenvalue weighted by Crippen LogP contribution is 2.20. The third-order valence-electron chi connectivity index (χ3n) is 3.69. The van der Waals surface area contributed by atoms with Crippen molar-refractivity contribution in [3.05, 3.63) is 90.5 Å². The van der Waals surface area contributed by atoms with E-state index in [1.165, 1.54) is 6.08 Å². The van der Waals surface area contributed by atoms with E-state index in [1.807, 2.05) is 54.6 Å². The highest BCUT2D eigenvalue weighted by molar-refractivity contribution is 6.02. The molecular formula is C22H19N3O2. The fraction of sp³-hybridized carbons (Fsp3) is 0.0455. The van der Waals surface area contributed by atoms with Crippen molar-refractivity contribution in [3.8, 4) is 5.75 Å². The molecule has 0 spiro atoms. The number of hydrogen-bond donors (Lipinski definition) is 1. The van der Waals surface area contributed by atoms with E-state index in [4.69, 9.17) is 4.74 Å². The Labute approximate surface area is 158 Å². The Balaban J connectivity index is 1.58. The second-order valence-corrected chi connectivity index (χ2v) is 5.68. The maximum atomic E-state index is 12.1. The van der Waals surface area contributed by atoms with Crippen molar-refractivity contribution in [2.45, 2.75) is 0 Å². The van der Waals surface area contributed by atoms with Crippen molar-refractivity contribution in [2.75, 3.05) is 12.4 Å². The second-order valence-electron chi connectivity index (χ2n) is 5.68. The van der Waals surface area contributed by atoms with Gasteiger partial charge in [0.15, 0.2) is 0 Å². The van der Waals surface area contributed by atoms with E-state index in [9.17, 15) is 4.79 Å². The number of nitrogens with zero attached hydrogens (tertiary/aromatic N) is 2. The maximum absolute atomic E-state index is 12.1. The summed E-state index contributed by atoms with van der Waals surface area (Å²) in [6.07, 6.45) is 3.22. The molecule has 0 aliphatic heterocycles. The van der Waals surface area contributed by atoms with E-state index >= 15 is 0 Å². The van der Waals surface area contributed by atoms with E-state index < -0.39 is 0 Å². The Hall–Kier alpha value is -3.73. The number of azo groups is 1. The summed E-state index contributed by atoms with van der Waals surface area (Å²) in [7, 11) is 1.61. The molecule has 5 nitrogen and oxygen atoms in total. The molecule has 0 aliphatic carbocycles. The Morgan fingerprint density at radius 3 is 2.30 bits per heavy atom. The SMILES string of the molecule is COc1cccc(/C=C/C(=O)Nc2ccc(N=Nc3ccccc3)cc2)c1. The molecule has 0 atom stereocenters. The molecule has 1 N–H and O–H groups in total. The molecule has 3 aromatic rings. The van der Waals surface area contributed by atoms with E-state index in [0.717, 1.165) is 17.0 Å². The van der Waals surface area contributed by atoms with Crippen LogP contribution in [0.15, 0.2) is 95.2 Å². The van der Waals surface area contributed by atoms with Crippen molar-refractivity contribution in [3.63, 3.8) is 0 Å². The summed E-state index contributed by atoms with van der Waals surface area (Å²) in [5.41, 5.74) is 3.08. The van der Waals surface area contributed by atoms with Crippen LogP contribution in [0, 0.1) is 0 Å². The zero-order chi connectivity index (χ0) is 18.9. The molecule has 3 aromatic carbocycles. The van der Waals surface area contributed by atoms with E-state index in [-0.39, 0.29) is 5.91 Å². The first-order chi connectivity index (χ1) is 13.2. The van der Waals surface area contributed by atoms with Gasteiger partial charge in [-0.1, -0.05) is 30.3 Å². The van der Waals surface area contributed by atoms with Crippen LogP contribution in [0.25, 0.3) is 6.08 Å². The van der Waals surface area contributed by atoms with E-state index in [0.29, 0.717) is 11.4 Å². The van der Waals surface area contributed by atoms with Crippen molar-refractivity contribution >= 4 is 29.0 Å². The lowest BCUT2D eigenvalue weighted by atomic mass is 10.2.